The van der Waals surface area contributed by atoms with Crippen LogP contribution >= 0.6 is 0 Å². The molecule has 104 valence electrons. The molecular weight excluding hydrogens is 244 g/mol. The molecule has 5 nitrogen and oxygen atoms in total. The lowest BCUT2D eigenvalue weighted by Crippen LogP contribution is -2.41. The Hall–Kier alpha value is -1.75. The van der Waals surface area contributed by atoms with Gasteiger partial charge in [0.1, 0.15) is 0 Å². The van der Waals surface area contributed by atoms with E-state index in [0.717, 1.165) is 25.8 Å². The zero-order valence-electron chi connectivity index (χ0n) is 10.9. The molecule has 0 aromatic heterocycles. The fourth-order valence-electron chi connectivity index (χ4n) is 2.74. The highest BCUT2D eigenvalue weighted by Gasteiger charge is 2.25. The van der Waals surface area contributed by atoms with Crippen LogP contribution in [0.15, 0.2) is 18.2 Å². The number of piperidine rings is 1. The Morgan fingerprint density at radius 3 is 2.89 bits per heavy atom. The van der Waals surface area contributed by atoms with Crippen LogP contribution in [0, 0.1) is 0 Å². The van der Waals surface area contributed by atoms with Crippen molar-refractivity contribution in [3.63, 3.8) is 0 Å². The molecule has 0 saturated carbocycles. The molecule has 1 heterocycles. The van der Waals surface area contributed by atoms with Gasteiger partial charge in [-0.2, -0.15) is 0 Å². The average Bonchev–Trinajstić information content (AvgIpc) is 2.40. The van der Waals surface area contributed by atoms with Crippen LogP contribution in [0.25, 0.3) is 0 Å². The molecule has 0 amide bonds. The molecule has 0 aliphatic carbocycles. The molecule has 0 radical (unpaired) electrons. The molecule has 2 rings (SSSR count). The monoisotopic (exact) mass is 264 g/mol. The van der Waals surface area contributed by atoms with Crippen molar-refractivity contribution in [3.05, 3.63) is 23.8 Å². The third-order valence-corrected chi connectivity index (χ3v) is 3.65. The van der Waals surface area contributed by atoms with E-state index < -0.39 is 5.97 Å². The van der Waals surface area contributed by atoms with E-state index in [-0.39, 0.29) is 18.2 Å². The molecule has 0 bridgehead atoms. The van der Waals surface area contributed by atoms with Gasteiger partial charge >= 0.3 is 5.97 Å². The Bertz CT molecular complexity index is 460. The molecule has 4 N–H and O–H groups in total. The predicted molar refractivity (Wildman–Crippen MR) is 74.5 cm³/mol. The summed E-state index contributed by atoms with van der Waals surface area (Å²) in [7, 11) is 0. The number of rotatable bonds is 4. The molecule has 1 saturated heterocycles. The Labute approximate surface area is 112 Å². The SMILES string of the molecule is Nc1ccc(N2CCCCC2CCO)c(C(=O)O)c1. The molecule has 1 aromatic carbocycles. The molecule has 0 spiro atoms. The topological polar surface area (TPSA) is 86.8 Å². The maximum absolute atomic E-state index is 11.3. The van der Waals surface area contributed by atoms with Gasteiger partial charge in [-0.1, -0.05) is 0 Å². The first-order valence-electron chi connectivity index (χ1n) is 6.64. The maximum atomic E-state index is 11.3. The van der Waals surface area contributed by atoms with E-state index in [1.54, 1.807) is 12.1 Å². The summed E-state index contributed by atoms with van der Waals surface area (Å²) in [6, 6.07) is 5.21. The number of benzene rings is 1. The first-order chi connectivity index (χ1) is 9.13. The van der Waals surface area contributed by atoms with Crippen molar-refractivity contribution in [1.82, 2.24) is 0 Å². The van der Waals surface area contributed by atoms with Crippen LogP contribution in [0.3, 0.4) is 0 Å². The van der Waals surface area contributed by atoms with Crippen LogP contribution in [0.1, 0.15) is 36.0 Å². The number of nitrogen functional groups attached to an aromatic ring is 1. The van der Waals surface area contributed by atoms with Crippen molar-refractivity contribution in [2.45, 2.75) is 31.7 Å². The standard InChI is InChI=1S/C14H20N2O3/c15-10-4-5-13(12(9-10)14(18)19)16-7-2-1-3-11(16)6-8-17/h4-5,9,11,17H,1-3,6-8,15H2,(H,18,19). The Kier molecular flexibility index (Phi) is 4.27. The molecule has 1 fully saturated rings. The molecule has 1 aliphatic heterocycles. The summed E-state index contributed by atoms with van der Waals surface area (Å²) in [6.07, 6.45) is 3.83. The van der Waals surface area contributed by atoms with Crippen molar-refractivity contribution in [2.24, 2.45) is 0 Å². The lowest BCUT2D eigenvalue weighted by Gasteiger charge is -2.38. The second kappa shape index (κ2) is 5.93. The normalized spacial score (nSPS) is 19.4. The highest BCUT2D eigenvalue weighted by atomic mass is 16.4. The van der Waals surface area contributed by atoms with E-state index in [4.69, 9.17) is 10.8 Å². The third-order valence-electron chi connectivity index (χ3n) is 3.65. The highest BCUT2D eigenvalue weighted by molar-refractivity contribution is 5.95. The van der Waals surface area contributed by atoms with E-state index in [9.17, 15) is 9.90 Å². The summed E-state index contributed by atoms with van der Waals surface area (Å²) < 4.78 is 0. The predicted octanol–water partition coefficient (Wildman–Crippen LogP) is 1.71. The third kappa shape index (κ3) is 2.98. The van der Waals surface area contributed by atoms with Gasteiger partial charge < -0.3 is 20.8 Å². The highest BCUT2D eigenvalue weighted by Crippen LogP contribution is 2.30. The summed E-state index contributed by atoms with van der Waals surface area (Å²) >= 11 is 0. The van der Waals surface area contributed by atoms with Gasteiger partial charge in [0, 0.05) is 24.9 Å². The fourth-order valence-corrected chi connectivity index (χ4v) is 2.74. The number of hydrogen-bond donors (Lipinski definition) is 3. The van der Waals surface area contributed by atoms with E-state index in [0.29, 0.717) is 17.8 Å². The molecule has 1 aromatic rings. The number of nitrogens with two attached hydrogens (primary N) is 1. The maximum Gasteiger partial charge on any atom is 0.337 e. The smallest absolute Gasteiger partial charge is 0.337 e. The fraction of sp³-hybridized carbons (Fsp3) is 0.500. The minimum atomic E-state index is -0.962. The minimum Gasteiger partial charge on any atom is -0.478 e. The van der Waals surface area contributed by atoms with Crippen molar-refractivity contribution < 1.29 is 15.0 Å². The summed E-state index contributed by atoms with van der Waals surface area (Å²) in [5.74, 6) is -0.962. The number of aromatic carboxylic acids is 1. The number of nitrogens with zero attached hydrogens (tertiary/aromatic N) is 1. The molecule has 1 aliphatic rings. The average molecular weight is 264 g/mol. The van der Waals surface area contributed by atoms with Gasteiger partial charge in [-0.15, -0.1) is 0 Å². The molecule has 1 atom stereocenters. The van der Waals surface area contributed by atoms with Crippen molar-refractivity contribution in [2.75, 3.05) is 23.8 Å². The number of aliphatic hydroxyl groups is 1. The van der Waals surface area contributed by atoms with Gasteiger partial charge in [-0.25, -0.2) is 4.79 Å². The first-order valence-corrected chi connectivity index (χ1v) is 6.64. The number of carboxylic acid groups (broad SMARTS) is 1. The Morgan fingerprint density at radius 2 is 2.21 bits per heavy atom. The summed E-state index contributed by atoms with van der Waals surface area (Å²) in [6.45, 7) is 0.952. The van der Waals surface area contributed by atoms with Crippen LogP contribution in [0.4, 0.5) is 11.4 Å². The zero-order chi connectivity index (χ0) is 13.8. The molecular formula is C14H20N2O3. The summed E-state index contributed by atoms with van der Waals surface area (Å²) in [4.78, 5) is 13.4. The number of aliphatic hydroxyl groups excluding tert-OH is 1. The van der Waals surface area contributed by atoms with Gasteiger partial charge in [-0.3, -0.25) is 0 Å². The molecule has 1 unspecified atom stereocenters. The van der Waals surface area contributed by atoms with Crippen LogP contribution in [-0.4, -0.2) is 35.4 Å². The largest absolute Gasteiger partial charge is 0.478 e. The van der Waals surface area contributed by atoms with Crippen molar-refractivity contribution in [3.8, 4) is 0 Å². The van der Waals surface area contributed by atoms with Gasteiger partial charge in [0.2, 0.25) is 0 Å². The van der Waals surface area contributed by atoms with Crippen molar-refractivity contribution in [1.29, 1.82) is 0 Å². The van der Waals surface area contributed by atoms with Crippen LogP contribution in [-0.2, 0) is 0 Å². The quantitative estimate of drug-likeness (QED) is 0.721. The van der Waals surface area contributed by atoms with Gasteiger partial charge in [-0.05, 0) is 43.9 Å². The second-order valence-corrected chi connectivity index (χ2v) is 4.94. The minimum absolute atomic E-state index is 0.124. The summed E-state index contributed by atoms with van der Waals surface area (Å²) in [5, 5.41) is 18.4. The number of carboxylic acids is 1. The number of carbonyl (C=O) groups is 1. The Balaban J connectivity index is 2.35. The lowest BCUT2D eigenvalue weighted by atomic mass is 9.97. The Morgan fingerprint density at radius 1 is 1.42 bits per heavy atom. The van der Waals surface area contributed by atoms with E-state index >= 15 is 0 Å². The van der Waals surface area contributed by atoms with E-state index in [2.05, 4.69) is 4.90 Å². The van der Waals surface area contributed by atoms with Crippen LogP contribution in [0.2, 0.25) is 0 Å². The van der Waals surface area contributed by atoms with Gasteiger partial charge in [0.15, 0.2) is 0 Å². The first kappa shape index (κ1) is 13.7. The van der Waals surface area contributed by atoms with E-state index in [1.807, 2.05) is 0 Å². The molecule has 5 heteroatoms. The molecule has 19 heavy (non-hydrogen) atoms. The zero-order valence-corrected chi connectivity index (χ0v) is 10.9. The van der Waals surface area contributed by atoms with Crippen LogP contribution in [0.5, 0.6) is 0 Å². The lowest BCUT2D eigenvalue weighted by molar-refractivity contribution is 0.0697. The van der Waals surface area contributed by atoms with Gasteiger partial charge in [0.25, 0.3) is 0 Å². The van der Waals surface area contributed by atoms with Crippen molar-refractivity contribution >= 4 is 17.3 Å². The number of hydrogen-bond acceptors (Lipinski definition) is 4. The van der Waals surface area contributed by atoms with Crippen LogP contribution < -0.4 is 10.6 Å². The summed E-state index contributed by atoms with van der Waals surface area (Å²) in [5.41, 5.74) is 7.07. The van der Waals surface area contributed by atoms with Gasteiger partial charge in [0.05, 0.1) is 11.3 Å². The number of anilines is 2. The second-order valence-electron chi connectivity index (χ2n) is 4.94. The van der Waals surface area contributed by atoms with E-state index in [1.165, 1.54) is 6.07 Å².